The highest BCUT2D eigenvalue weighted by molar-refractivity contribution is 6.34. The molecule has 1 saturated heterocycles. The van der Waals surface area contributed by atoms with Gasteiger partial charge in [-0.05, 0) is 30.7 Å². The molecule has 1 amide bonds. The maximum atomic E-state index is 12.6. The highest BCUT2D eigenvalue weighted by Crippen LogP contribution is 2.38. The van der Waals surface area contributed by atoms with E-state index in [4.69, 9.17) is 17.3 Å². The summed E-state index contributed by atoms with van der Waals surface area (Å²) in [7, 11) is 0. The summed E-state index contributed by atoms with van der Waals surface area (Å²) >= 11 is 6.02. The lowest BCUT2D eigenvalue weighted by atomic mass is 9.98. The van der Waals surface area contributed by atoms with Crippen molar-refractivity contribution in [3.63, 3.8) is 0 Å². The number of amides is 1. The largest absolute Gasteiger partial charge is 0.338 e. The van der Waals surface area contributed by atoms with Crippen LogP contribution < -0.4 is 5.73 Å². The van der Waals surface area contributed by atoms with Crippen LogP contribution in [0.15, 0.2) is 18.2 Å². The van der Waals surface area contributed by atoms with Crippen molar-refractivity contribution >= 4 is 35.6 Å². The third-order valence-corrected chi connectivity index (χ3v) is 4.92. The van der Waals surface area contributed by atoms with Gasteiger partial charge in [-0.3, -0.25) is 14.9 Å². The zero-order chi connectivity index (χ0) is 15.1. The predicted molar refractivity (Wildman–Crippen MR) is 85.4 cm³/mol. The third-order valence-electron chi connectivity index (χ3n) is 4.60. The average Bonchev–Trinajstić information content (AvgIpc) is 3.00. The first-order chi connectivity index (χ1) is 9.99. The van der Waals surface area contributed by atoms with Gasteiger partial charge in [-0.1, -0.05) is 17.7 Å². The number of carbonyl (C=O) groups is 1. The number of fused-ring (bicyclic) bond motifs is 1. The second kappa shape index (κ2) is 6.40. The first kappa shape index (κ1) is 17.0. The molecule has 0 spiro atoms. The van der Waals surface area contributed by atoms with E-state index in [1.54, 1.807) is 4.90 Å². The van der Waals surface area contributed by atoms with Gasteiger partial charge in [-0.25, -0.2) is 0 Å². The molecule has 0 aromatic heterocycles. The third kappa shape index (κ3) is 2.78. The first-order valence-corrected chi connectivity index (χ1v) is 7.34. The number of rotatable bonds is 2. The van der Waals surface area contributed by atoms with E-state index < -0.39 is 4.92 Å². The molecule has 6 nitrogen and oxygen atoms in total. The molecule has 1 saturated carbocycles. The number of benzene rings is 1. The molecule has 1 aromatic carbocycles. The number of hydrogen-bond donors (Lipinski definition) is 1. The van der Waals surface area contributed by atoms with Crippen LogP contribution >= 0.6 is 24.0 Å². The van der Waals surface area contributed by atoms with E-state index in [9.17, 15) is 14.9 Å². The molecule has 8 heteroatoms. The molecule has 3 atom stereocenters. The molecule has 0 radical (unpaired) electrons. The lowest BCUT2D eigenvalue weighted by molar-refractivity contribution is -0.385. The van der Waals surface area contributed by atoms with E-state index in [-0.39, 0.29) is 40.6 Å². The molecule has 1 aromatic rings. The second-order valence-electron chi connectivity index (χ2n) is 5.77. The van der Waals surface area contributed by atoms with Crippen LogP contribution in [-0.4, -0.2) is 34.9 Å². The monoisotopic (exact) mass is 345 g/mol. The Morgan fingerprint density at radius 2 is 2.09 bits per heavy atom. The Balaban J connectivity index is 0.00000176. The van der Waals surface area contributed by atoms with Gasteiger partial charge in [-0.15, -0.1) is 12.4 Å². The number of nitrogens with two attached hydrogens (primary N) is 1. The summed E-state index contributed by atoms with van der Waals surface area (Å²) in [6.45, 7) is 1.17. The van der Waals surface area contributed by atoms with E-state index in [0.29, 0.717) is 24.9 Å². The Morgan fingerprint density at radius 3 is 2.73 bits per heavy atom. The maximum absolute atomic E-state index is 12.6. The predicted octanol–water partition coefficient (Wildman–Crippen LogP) is 2.48. The van der Waals surface area contributed by atoms with Crippen molar-refractivity contribution in [3.8, 4) is 0 Å². The summed E-state index contributed by atoms with van der Waals surface area (Å²) in [5.74, 6) is 0.342. The maximum Gasteiger partial charge on any atom is 0.283 e. The Morgan fingerprint density at radius 1 is 1.36 bits per heavy atom. The summed E-state index contributed by atoms with van der Waals surface area (Å²) < 4.78 is 0. The lowest BCUT2D eigenvalue weighted by Gasteiger charge is -2.19. The Hall–Kier alpha value is -1.37. The molecule has 0 bridgehead atoms. The molecular formula is C14H17Cl2N3O3. The van der Waals surface area contributed by atoms with E-state index in [2.05, 4.69) is 0 Å². The van der Waals surface area contributed by atoms with Crippen LogP contribution in [0.2, 0.25) is 5.02 Å². The molecule has 3 unspecified atom stereocenters. The first-order valence-electron chi connectivity index (χ1n) is 6.96. The van der Waals surface area contributed by atoms with E-state index in [1.165, 1.54) is 18.2 Å². The zero-order valence-electron chi connectivity index (χ0n) is 11.8. The van der Waals surface area contributed by atoms with Crippen LogP contribution in [0.5, 0.6) is 0 Å². The van der Waals surface area contributed by atoms with Gasteiger partial charge < -0.3 is 10.6 Å². The minimum absolute atomic E-state index is 0. The molecule has 120 valence electrons. The van der Waals surface area contributed by atoms with Gasteiger partial charge in [0.15, 0.2) is 0 Å². The van der Waals surface area contributed by atoms with E-state index in [1.807, 2.05) is 0 Å². The van der Waals surface area contributed by atoms with Gasteiger partial charge >= 0.3 is 0 Å². The summed E-state index contributed by atoms with van der Waals surface area (Å²) in [4.78, 5) is 24.8. The fourth-order valence-electron chi connectivity index (χ4n) is 3.51. The van der Waals surface area contributed by atoms with Gasteiger partial charge in [0.25, 0.3) is 11.6 Å². The number of halogens is 2. The van der Waals surface area contributed by atoms with Crippen LogP contribution in [0.4, 0.5) is 5.69 Å². The Kier molecular flexibility index (Phi) is 4.94. The van der Waals surface area contributed by atoms with E-state index >= 15 is 0 Å². The van der Waals surface area contributed by atoms with Crippen molar-refractivity contribution < 1.29 is 9.72 Å². The van der Waals surface area contributed by atoms with Crippen LogP contribution in [0.25, 0.3) is 0 Å². The Labute approximate surface area is 139 Å². The van der Waals surface area contributed by atoms with Crippen LogP contribution in [0, 0.1) is 22.0 Å². The average molecular weight is 346 g/mol. The quantitative estimate of drug-likeness (QED) is 0.658. The summed E-state index contributed by atoms with van der Waals surface area (Å²) in [5, 5.41) is 11.2. The molecule has 3 rings (SSSR count). The molecule has 2 aliphatic rings. The van der Waals surface area contributed by atoms with Crippen molar-refractivity contribution in [2.75, 3.05) is 13.1 Å². The summed E-state index contributed by atoms with van der Waals surface area (Å²) in [6, 6.07) is 4.41. The smallest absolute Gasteiger partial charge is 0.283 e. The summed E-state index contributed by atoms with van der Waals surface area (Å²) in [6.07, 6.45) is 2.00. The topological polar surface area (TPSA) is 89.5 Å². The molecule has 22 heavy (non-hydrogen) atoms. The van der Waals surface area contributed by atoms with Crippen LogP contribution in [-0.2, 0) is 0 Å². The van der Waals surface area contributed by atoms with Gasteiger partial charge in [0.05, 0.1) is 9.95 Å². The molecule has 1 aliphatic carbocycles. The fourth-order valence-corrected chi connectivity index (χ4v) is 3.76. The van der Waals surface area contributed by atoms with Crippen LogP contribution in [0.1, 0.15) is 23.2 Å². The highest BCUT2D eigenvalue weighted by Gasteiger charge is 2.43. The minimum atomic E-state index is -0.568. The number of hydrogen-bond acceptors (Lipinski definition) is 4. The van der Waals surface area contributed by atoms with Crippen molar-refractivity contribution in [1.29, 1.82) is 0 Å². The minimum Gasteiger partial charge on any atom is -0.338 e. The Bertz CT molecular complexity index is 611. The van der Waals surface area contributed by atoms with Crippen molar-refractivity contribution in [3.05, 3.63) is 38.9 Å². The van der Waals surface area contributed by atoms with Gasteiger partial charge in [0, 0.05) is 25.2 Å². The highest BCUT2D eigenvalue weighted by atomic mass is 35.5. The molecule has 2 N–H and O–H groups in total. The van der Waals surface area contributed by atoms with Crippen molar-refractivity contribution in [2.24, 2.45) is 17.6 Å². The van der Waals surface area contributed by atoms with Crippen molar-refractivity contribution in [1.82, 2.24) is 4.90 Å². The van der Waals surface area contributed by atoms with E-state index in [0.717, 1.165) is 12.8 Å². The zero-order valence-corrected chi connectivity index (χ0v) is 13.3. The normalized spacial score (nSPS) is 26.5. The standard InChI is InChI=1S/C14H16ClN3O3.ClH/c15-10-2-1-3-12(18(20)21)13(10)14(19)17-6-8-4-5-11(16)9(8)7-17;/h1-3,8-9,11H,4-7,16H2;1H. The number of nitro groups is 1. The molecule has 1 aliphatic heterocycles. The lowest BCUT2D eigenvalue weighted by Crippen LogP contribution is -2.33. The fraction of sp³-hybridized carbons (Fsp3) is 0.500. The number of nitro benzene ring substituents is 1. The van der Waals surface area contributed by atoms with Crippen LogP contribution in [0.3, 0.4) is 0 Å². The molecule has 1 heterocycles. The SMILES string of the molecule is Cl.NC1CCC2CN(C(=O)c3c(Cl)cccc3[N+](=O)[O-])CC12. The number of carbonyl (C=O) groups excluding carboxylic acids is 1. The number of nitrogens with zero attached hydrogens (tertiary/aromatic N) is 2. The van der Waals surface area contributed by atoms with Gasteiger partial charge in [0.1, 0.15) is 5.56 Å². The number of likely N-dealkylation sites (tertiary alicyclic amines) is 1. The molecular weight excluding hydrogens is 329 g/mol. The molecule has 2 fully saturated rings. The van der Waals surface area contributed by atoms with Gasteiger partial charge in [0.2, 0.25) is 0 Å². The van der Waals surface area contributed by atoms with Gasteiger partial charge in [-0.2, -0.15) is 0 Å². The van der Waals surface area contributed by atoms with Crippen molar-refractivity contribution in [2.45, 2.75) is 18.9 Å². The second-order valence-corrected chi connectivity index (χ2v) is 6.17. The summed E-state index contributed by atoms with van der Waals surface area (Å²) in [5.41, 5.74) is 5.80.